The Morgan fingerprint density at radius 3 is 2.79 bits per heavy atom. The van der Waals surface area contributed by atoms with Crippen molar-refractivity contribution in [3.05, 3.63) is 35.0 Å². The summed E-state index contributed by atoms with van der Waals surface area (Å²) in [5.41, 5.74) is 0. The van der Waals surface area contributed by atoms with Crippen molar-refractivity contribution in [2.75, 3.05) is 6.61 Å². The first-order valence-corrected chi connectivity index (χ1v) is 6.94. The molecule has 1 atom stereocenters. The van der Waals surface area contributed by atoms with Gasteiger partial charge in [0.05, 0.1) is 17.5 Å². The van der Waals surface area contributed by atoms with Crippen LogP contribution in [0.15, 0.2) is 24.3 Å². The van der Waals surface area contributed by atoms with E-state index in [1.165, 1.54) is 17.4 Å². The molecule has 19 heavy (non-hydrogen) atoms. The molecule has 2 rings (SSSR count). The molecule has 0 bridgehead atoms. The normalized spacial score (nSPS) is 12.9. The lowest BCUT2D eigenvalue weighted by Crippen LogP contribution is -2.40. The average molecular weight is 281 g/mol. The highest BCUT2D eigenvalue weighted by atomic mass is 32.1. The van der Waals surface area contributed by atoms with Gasteiger partial charge in [-0.15, -0.1) is 11.3 Å². The number of rotatable bonds is 4. The van der Waals surface area contributed by atoms with Crippen molar-refractivity contribution in [3.8, 4) is 0 Å². The first-order valence-electron chi connectivity index (χ1n) is 6.12. The molecule has 2 aromatic rings. The molecule has 1 aromatic carbocycles. The third kappa shape index (κ3) is 2.93. The smallest absolute Gasteiger partial charge is 0.261 e. The molecule has 0 saturated carbocycles. The molecule has 0 fully saturated rings. The molecule has 0 radical (unpaired) electrons. The number of hydrogen-bond donors (Lipinski definition) is 2. The molecule has 0 aliphatic carbocycles. The van der Waals surface area contributed by atoms with Gasteiger partial charge in [-0.3, -0.25) is 4.79 Å². The highest BCUT2D eigenvalue weighted by Crippen LogP contribution is 2.27. The average Bonchev–Trinajstić information content (AvgIpc) is 2.80. The summed E-state index contributed by atoms with van der Waals surface area (Å²) in [4.78, 5) is 12.5. The molecule has 0 aliphatic rings. The summed E-state index contributed by atoms with van der Waals surface area (Å²) in [5, 5.41) is 12.4. The van der Waals surface area contributed by atoms with Crippen molar-refractivity contribution in [3.63, 3.8) is 0 Å². The number of aliphatic hydroxyl groups is 1. The minimum atomic E-state index is -0.324. The Morgan fingerprint density at radius 1 is 1.47 bits per heavy atom. The van der Waals surface area contributed by atoms with E-state index in [1.54, 1.807) is 18.2 Å². The van der Waals surface area contributed by atoms with Crippen molar-refractivity contribution in [1.82, 2.24) is 5.32 Å². The third-order valence-corrected chi connectivity index (χ3v) is 4.15. The van der Waals surface area contributed by atoms with Crippen molar-refractivity contribution >= 4 is 27.3 Å². The van der Waals surface area contributed by atoms with E-state index in [4.69, 9.17) is 0 Å². The van der Waals surface area contributed by atoms with Crippen LogP contribution in [0, 0.1) is 11.7 Å². The number of nitrogens with one attached hydrogen (secondary N) is 1. The Morgan fingerprint density at radius 2 is 2.21 bits per heavy atom. The summed E-state index contributed by atoms with van der Waals surface area (Å²) in [7, 11) is 0. The molecule has 1 unspecified atom stereocenters. The molecule has 102 valence electrons. The molecule has 0 saturated heterocycles. The van der Waals surface area contributed by atoms with Crippen LogP contribution < -0.4 is 5.32 Å². The van der Waals surface area contributed by atoms with E-state index in [-0.39, 0.29) is 30.3 Å². The van der Waals surface area contributed by atoms with Crippen LogP contribution in [0.25, 0.3) is 10.1 Å². The standard InChI is InChI=1S/C14H16FNO2S/c1-8(2)11(7-17)16-14(18)13-6-9-10(15)4-3-5-12(9)19-13/h3-6,8,11,17H,7H2,1-2H3,(H,16,18). The minimum absolute atomic E-state index is 0.108. The number of hydrogen-bond acceptors (Lipinski definition) is 3. The number of aliphatic hydroxyl groups excluding tert-OH is 1. The fraction of sp³-hybridized carbons (Fsp3) is 0.357. The van der Waals surface area contributed by atoms with Crippen molar-refractivity contribution in [2.45, 2.75) is 19.9 Å². The number of fused-ring (bicyclic) bond motifs is 1. The van der Waals surface area contributed by atoms with E-state index in [1.807, 2.05) is 13.8 Å². The molecular formula is C14H16FNO2S. The number of amides is 1. The third-order valence-electron chi connectivity index (χ3n) is 3.05. The predicted molar refractivity (Wildman–Crippen MR) is 75.0 cm³/mol. The second-order valence-corrected chi connectivity index (χ2v) is 5.85. The Bertz CT molecular complexity index is 594. The molecule has 0 aliphatic heterocycles. The minimum Gasteiger partial charge on any atom is -0.394 e. The Balaban J connectivity index is 2.24. The van der Waals surface area contributed by atoms with Crippen LogP contribution in [0.4, 0.5) is 4.39 Å². The Hall–Kier alpha value is -1.46. The molecule has 2 N–H and O–H groups in total. The molecule has 0 spiro atoms. The van der Waals surface area contributed by atoms with Gasteiger partial charge in [-0.1, -0.05) is 19.9 Å². The van der Waals surface area contributed by atoms with Gasteiger partial charge in [0, 0.05) is 10.1 Å². The van der Waals surface area contributed by atoms with E-state index in [0.717, 1.165) is 4.70 Å². The summed E-state index contributed by atoms with van der Waals surface area (Å²) in [5.74, 6) is -0.455. The summed E-state index contributed by atoms with van der Waals surface area (Å²) in [6.45, 7) is 3.74. The Kier molecular flexibility index (Phi) is 4.17. The van der Waals surface area contributed by atoms with Crippen LogP contribution in [-0.2, 0) is 0 Å². The lowest BCUT2D eigenvalue weighted by molar-refractivity contribution is 0.0901. The molecule has 3 nitrogen and oxygen atoms in total. The maximum absolute atomic E-state index is 13.6. The van der Waals surface area contributed by atoms with E-state index in [0.29, 0.717) is 10.3 Å². The molecule has 5 heteroatoms. The summed E-state index contributed by atoms with van der Waals surface area (Å²) >= 11 is 1.25. The summed E-state index contributed by atoms with van der Waals surface area (Å²) in [6, 6.07) is 6.05. The largest absolute Gasteiger partial charge is 0.394 e. The van der Waals surface area contributed by atoms with Crippen LogP contribution in [0.2, 0.25) is 0 Å². The number of carbonyl (C=O) groups is 1. The fourth-order valence-electron chi connectivity index (χ4n) is 1.80. The summed E-state index contributed by atoms with van der Waals surface area (Å²) in [6.07, 6.45) is 0. The van der Waals surface area contributed by atoms with E-state index < -0.39 is 0 Å². The fourth-order valence-corrected chi connectivity index (χ4v) is 2.78. The molecular weight excluding hydrogens is 265 g/mol. The quantitative estimate of drug-likeness (QED) is 0.905. The second kappa shape index (κ2) is 5.67. The van der Waals surface area contributed by atoms with Gasteiger partial charge in [-0.25, -0.2) is 4.39 Å². The zero-order chi connectivity index (χ0) is 14.0. The lowest BCUT2D eigenvalue weighted by Gasteiger charge is -2.19. The van der Waals surface area contributed by atoms with Gasteiger partial charge in [0.25, 0.3) is 5.91 Å². The van der Waals surface area contributed by atoms with Crippen molar-refractivity contribution in [2.24, 2.45) is 5.92 Å². The Labute approximate surface area is 115 Å². The van der Waals surface area contributed by atoms with Crippen LogP contribution in [0.1, 0.15) is 23.5 Å². The van der Waals surface area contributed by atoms with Crippen LogP contribution in [0.3, 0.4) is 0 Å². The second-order valence-electron chi connectivity index (χ2n) is 4.77. The number of carbonyl (C=O) groups excluding carboxylic acids is 1. The van der Waals surface area contributed by atoms with Gasteiger partial charge in [0.15, 0.2) is 0 Å². The van der Waals surface area contributed by atoms with E-state index in [2.05, 4.69) is 5.32 Å². The van der Waals surface area contributed by atoms with E-state index >= 15 is 0 Å². The van der Waals surface area contributed by atoms with Gasteiger partial charge in [0.1, 0.15) is 5.82 Å². The van der Waals surface area contributed by atoms with Crippen LogP contribution >= 0.6 is 11.3 Å². The van der Waals surface area contributed by atoms with E-state index in [9.17, 15) is 14.3 Å². The van der Waals surface area contributed by atoms with Crippen molar-refractivity contribution < 1.29 is 14.3 Å². The first-order chi connectivity index (χ1) is 9.02. The van der Waals surface area contributed by atoms with Gasteiger partial charge < -0.3 is 10.4 Å². The summed E-state index contributed by atoms with van der Waals surface area (Å²) < 4.78 is 14.3. The molecule has 1 heterocycles. The predicted octanol–water partition coefficient (Wildman–Crippen LogP) is 2.79. The molecule has 1 amide bonds. The number of halogens is 1. The van der Waals surface area contributed by atoms with Gasteiger partial charge in [-0.2, -0.15) is 0 Å². The van der Waals surface area contributed by atoms with Gasteiger partial charge in [0.2, 0.25) is 0 Å². The maximum atomic E-state index is 13.6. The molecule has 1 aromatic heterocycles. The highest BCUT2D eigenvalue weighted by molar-refractivity contribution is 7.20. The number of thiophene rings is 1. The zero-order valence-electron chi connectivity index (χ0n) is 10.8. The number of benzene rings is 1. The monoisotopic (exact) mass is 281 g/mol. The zero-order valence-corrected chi connectivity index (χ0v) is 11.6. The van der Waals surface area contributed by atoms with Crippen LogP contribution in [-0.4, -0.2) is 23.7 Å². The van der Waals surface area contributed by atoms with Gasteiger partial charge >= 0.3 is 0 Å². The highest BCUT2D eigenvalue weighted by Gasteiger charge is 2.18. The lowest BCUT2D eigenvalue weighted by atomic mass is 10.1. The topological polar surface area (TPSA) is 49.3 Å². The first kappa shape index (κ1) is 14.0. The SMILES string of the molecule is CC(C)C(CO)NC(=O)c1cc2c(F)cccc2s1. The van der Waals surface area contributed by atoms with Gasteiger partial charge in [-0.05, 0) is 24.1 Å². The van der Waals surface area contributed by atoms with Crippen LogP contribution in [0.5, 0.6) is 0 Å². The van der Waals surface area contributed by atoms with Crippen molar-refractivity contribution in [1.29, 1.82) is 0 Å². The maximum Gasteiger partial charge on any atom is 0.261 e.